The van der Waals surface area contributed by atoms with Crippen LogP contribution in [0.4, 0.5) is 0 Å². The number of esters is 6. The van der Waals surface area contributed by atoms with Gasteiger partial charge in [-0.05, 0) is 116 Å². The summed E-state index contributed by atoms with van der Waals surface area (Å²) in [6.45, 7) is 19.1. The highest BCUT2D eigenvalue weighted by atomic mass is 16.6. The second-order valence-corrected chi connectivity index (χ2v) is 30.8. The maximum atomic E-state index is 12.4. The van der Waals surface area contributed by atoms with Crippen LogP contribution in [0.15, 0.2) is 0 Å². The number of hydrogen-bond acceptors (Lipinski definition) is 21. The third kappa shape index (κ3) is 80.4. The predicted molar refractivity (Wildman–Crippen MR) is 458 cm³/mol. The molecular formula is C90H168N6O21. The van der Waals surface area contributed by atoms with Gasteiger partial charge in [-0.3, -0.25) is 57.5 Å². The average molecular weight is 1670 g/mol. The second kappa shape index (κ2) is 85.9. The Morgan fingerprint density at radius 2 is 0.427 bits per heavy atom. The standard InChI is InChI=1S/C35H64N2O9.C30H56N2O7.C25H48N2O5/c1-4-7-14-20-30(46-35(43)25-18-24-34(42)45-27-6-3)29(38)19-15-12-10-8-9-11-13-16-21-31(39)36-28-37-32(40)22-17-23-33(41)44-26-5-2;1-4-7-14-19-26(39-29(36)6-3)25(33)18-15-12-10-8-9-11-13-16-20-27(34)31-24-32-28(35)21-17-22-30(37)38-23-5-2;1-4-7-14-18-22(32-25(31)6-3)21(28)17-15-12-10-8-9-11-13-16-19-24(30)27-20-26-23(29)5-2/h29-30,38H,4-28H2,1-3H3,(H,36,39)(H,37,40);25-26,33H,4-24H2,1-3H3,(H,31,34)(H,32,35);21-22,28H,4-20H2,1-3H3,(H,26,29)(H,27,30). The number of rotatable bonds is 78. The van der Waals surface area contributed by atoms with E-state index in [0.29, 0.717) is 103 Å². The first kappa shape index (κ1) is 115. The number of amides is 6. The summed E-state index contributed by atoms with van der Waals surface area (Å²) < 4.78 is 31.5. The van der Waals surface area contributed by atoms with E-state index < -0.39 is 24.4 Å². The molecule has 6 amide bonds. The number of aliphatic hydroxyl groups is 3. The lowest BCUT2D eigenvalue weighted by Gasteiger charge is -2.23. The van der Waals surface area contributed by atoms with Crippen LogP contribution in [0.5, 0.6) is 0 Å². The number of ether oxygens (including phenoxy) is 6. The first-order chi connectivity index (χ1) is 56.5. The molecule has 27 heteroatoms. The van der Waals surface area contributed by atoms with Crippen molar-refractivity contribution in [1.29, 1.82) is 0 Å². The minimum Gasteiger partial charge on any atom is -0.466 e. The van der Waals surface area contributed by atoms with Crippen molar-refractivity contribution in [2.24, 2.45) is 0 Å². The molecule has 117 heavy (non-hydrogen) atoms. The van der Waals surface area contributed by atoms with Crippen LogP contribution in [0.1, 0.15) is 428 Å². The highest BCUT2D eigenvalue weighted by Gasteiger charge is 2.26. The van der Waals surface area contributed by atoms with Gasteiger partial charge in [-0.25, -0.2) is 0 Å². The lowest BCUT2D eigenvalue weighted by atomic mass is 9.99. The average Bonchev–Trinajstić information content (AvgIpc) is 0.931. The van der Waals surface area contributed by atoms with Gasteiger partial charge in [0.2, 0.25) is 35.4 Å². The smallest absolute Gasteiger partial charge is 0.306 e. The van der Waals surface area contributed by atoms with E-state index in [1.807, 2.05) is 20.8 Å². The normalized spacial score (nSPS) is 12.4. The van der Waals surface area contributed by atoms with Crippen LogP contribution < -0.4 is 31.9 Å². The third-order valence-corrected chi connectivity index (χ3v) is 19.7. The van der Waals surface area contributed by atoms with E-state index >= 15 is 0 Å². The van der Waals surface area contributed by atoms with Gasteiger partial charge >= 0.3 is 35.8 Å². The summed E-state index contributed by atoms with van der Waals surface area (Å²) in [6, 6.07) is 0. The lowest BCUT2D eigenvalue weighted by Crippen LogP contribution is -2.37. The number of carbonyl (C=O) groups excluding carboxylic acids is 12. The van der Waals surface area contributed by atoms with Crippen molar-refractivity contribution in [2.45, 2.75) is 465 Å². The van der Waals surface area contributed by atoms with Gasteiger partial charge in [-0.1, -0.05) is 236 Å². The van der Waals surface area contributed by atoms with Crippen LogP contribution in [0.25, 0.3) is 0 Å². The summed E-state index contributed by atoms with van der Waals surface area (Å²) in [4.78, 5) is 140. The fourth-order valence-corrected chi connectivity index (χ4v) is 12.5. The summed E-state index contributed by atoms with van der Waals surface area (Å²) >= 11 is 0. The summed E-state index contributed by atoms with van der Waals surface area (Å²) in [5.74, 6) is -2.36. The lowest BCUT2D eigenvalue weighted by molar-refractivity contribution is -0.157. The zero-order chi connectivity index (χ0) is 87.4. The van der Waals surface area contributed by atoms with Gasteiger partial charge in [0.25, 0.3) is 0 Å². The molecule has 0 aliphatic rings. The molecular weight excluding hydrogens is 1500 g/mol. The van der Waals surface area contributed by atoms with Gasteiger partial charge in [0, 0.05) is 77.0 Å². The molecule has 0 radical (unpaired) electrons. The molecule has 0 spiro atoms. The highest BCUT2D eigenvalue weighted by molar-refractivity contribution is 5.80. The number of carbonyl (C=O) groups is 12. The Kier molecular flexibility index (Phi) is 84.2. The molecule has 0 aliphatic carbocycles. The molecule has 27 nitrogen and oxygen atoms in total. The second-order valence-electron chi connectivity index (χ2n) is 30.8. The van der Waals surface area contributed by atoms with Gasteiger partial charge < -0.3 is 75.6 Å². The Morgan fingerprint density at radius 1 is 0.214 bits per heavy atom. The zero-order valence-electron chi connectivity index (χ0n) is 74.7. The van der Waals surface area contributed by atoms with E-state index in [9.17, 15) is 72.9 Å². The Bertz CT molecular complexity index is 2490. The Balaban J connectivity index is -0.00000169. The molecule has 0 saturated heterocycles. The first-order valence-corrected chi connectivity index (χ1v) is 46.2. The van der Waals surface area contributed by atoms with E-state index in [1.54, 1.807) is 20.8 Å². The molecule has 0 heterocycles. The fourth-order valence-electron chi connectivity index (χ4n) is 12.5. The number of nitrogens with one attached hydrogen (secondary N) is 6. The minimum absolute atomic E-state index is 0.0161. The Labute approximate surface area is 706 Å². The SMILES string of the molecule is CCCCCC(OC(=O)CC)C(O)CCCCCCCCCCC(=O)NCNC(=O)CC.CCCCCC(OC(=O)CC)C(O)CCCCCCCCCCC(=O)NCNC(=O)CCCC(=O)OCCC.CCCCCC(OC(=O)CCCC(=O)OCCC)C(O)CCCCCCCCCCC(=O)NCNC(=O)CCCC(=O)OCCC. The summed E-state index contributed by atoms with van der Waals surface area (Å²) in [5, 5.41) is 47.7. The van der Waals surface area contributed by atoms with Crippen LogP contribution in [0, 0.1) is 0 Å². The van der Waals surface area contributed by atoms with Crippen LogP contribution in [0.2, 0.25) is 0 Å². The van der Waals surface area contributed by atoms with Crippen molar-refractivity contribution >= 4 is 71.3 Å². The van der Waals surface area contributed by atoms with Crippen LogP contribution in [-0.2, 0) is 86.0 Å². The monoisotopic (exact) mass is 1670 g/mol. The maximum absolute atomic E-state index is 12.4. The summed E-state index contributed by atoms with van der Waals surface area (Å²) in [7, 11) is 0. The molecule has 0 aliphatic heterocycles. The minimum atomic E-state index is -0.684. The molecule has 0 rings (SSSR count). The van der Waals surface area contributed by atoms with Gasteiger partial charge in [0.15, 0.2) is 0 Å². The molecule has 6 unspecified atom stereocenters. The molecule has 9 N–H and O–H groups in total. The van der Waals surface area contributed by atoms with Gasteiger partial charge in [0.1, 0.15) is 18.3 Å². The van der Waals surface area contributed by atoms with E-state index in [4.69, 9.17) is 28.4 Å². The van der Waals surface area contributed by atoms with E-state index in [0.717, 1.165) is 244 Å². The van der Waals surface area contributed by atoms with E-state index in [-0.39, 0.29) is 142 Å². The first-order valence-electron chi connectivity index (χ1n) is 46.2. The number of aliphatic hydroxyl groups excluding tert-OH is 3. The molecule has 0 fully saturated rings. The Hall–Kier alpha value is -6.48. The zero-order valence-corrected chi connectivity index (χ0v) is 74.7. The molecule has 0 saturated carbocycles. The van der Waals surface area contributed by atoms with Crippen molar-refractivity contribution in [3.63, 3.8) is 0 Å². The molecule has 0 bridgehead atoms. The van der Waals surface area contributed by atoms with Gasteiger partial charge in [0.05, 0.1) is 58.1 Å². The van der Waals surface area contributed by atoms with Crippen molar-refractivity contribution in [3.8, 4) is 0 Å². The molecule has 0 aromatic heterocycles. The van der Waals surface area contributed by atoms with Crippen LogP contribution >= 0.6 is 0 Å². The van der Waals surface area contributed by atoms with Crippen LogP contribution in [0.3, 0.4) is 0 Å². The van der Waals surface area contributed by atoms with Crippen LogP contribution in [-0.4, -0.2) is 163 Å². The summed E-state index contributed by atoms with van der Waals surface area (Å²) in [6.07, 6.45) is 42.2. The van der Waals surface area contributed by atoms with E-state index in [2.05, 4.69) is 52.7 Å². The van der Waals surface area contributed by atoms with Crippen molar-refractivity contribution < 1.29 is 101 Å². The largest absolute Gasteiger partial charge is 0.466 e. The quantitative estimate of drug-likeness (QED) is 0.0118. The van der Waals surface area contributed by atoms with Crippen molar-refractivity contribution in [2.75, 3.05) is 39.8 Å². The van der Waals surface area contributed by atoms with Crippen molar-refractivity contribution in [3.05, 3.63) is 0 Å². The highest BCUT2D eigenvalue weighted by Crippen LogP contribution is 2.23. The van der Waals surface area contributed by atoms with Crippen molar-refractivity contribution in [1.82, 2.24) is 31.9 Å². The van der Waals surface area contributed by atoms with Gasteiger partial charge in [-0.2, -0.15) is 0 Å². The topological polar surface area (TPSA) is 393 Å². The summed E-state index contributed by atoms with van der Waals surface area (Å²) in [5.41, 5.74) is 0. The number of unbranched alkanes of at least 4 members (excludes halogenated alkanes) is 27. The molecule has 6 atom stereocenters. The van der Waals surface area contributed by atoms with E-state index in [1.165, 1.54) is 0 Å². The fraction of sp³-hybridized carbons (Fsp3) is 0.867. The number of hydrogen-bond donors (Lipinski definition) is 9. The molecule has 0 aromatic carbocycles. The molecule has 684 valence electrons. The Morgan fingerprint density at radius 3 is 0.675 bits per heavy atom. The van der Waals surface area contributed by atoms with Gasteiger partial charge in [-0.15, -0.1) is 0 Å². The predicted octanol–water partition coefficient (Wildman–Crippen LogP) is 16.4. The molecule has 0 aromatic rings. The maximum Gasteiger partial charge on any atom is 0.306 e. The third-order valence-electron chi connectivity index (χ3n) is 19.7.